The van der Waals surface area contributed by atoms with Crippen molar-refractivity contribution in [1.29, 1.82) is 0 Å². The number of halogens is 3. The molecule has 0 fully saturated rings. The average molecular weight is 258 g/mol. The van der Waals surface area contributed by atoms with E-state index in [9.17, 15) is 13.2 Å². The van der Waals surface area contributed by atoms with Crippen molar-refractivity contribution in [2.45, 2.75) is 25.1 Å². The summed E-state index contributed by atoms with van der Waals surface area (Å²) in [5.74, 6) is 0. The summed E-state index contributed by atoms with van der Waals surface area (Å²) in [7, 11) is 0. The molecule has 1 aromatic heterocycles. The summed E-state index contributed by atoms with van der Waals surface area (Å²) in [4.78, 5) is 3.78. The zero-order chi connectivity index (χ0) is 13.2. The Kier molecular flexibility index (Phi) is 3.56. The molecule has 0 spiro atoms. The van der Waals surface area contributed by atoms with Crippen molar-refractivity contribution in [2.75, 3.05) is 6.61 Å². The first-order valence-electron chi connectivity index (χ1n) is 5.58. The van der Waals surface area contributed by atoms with E-state index < -0.39 is 17.8 Å². The highest BCUT2D eigenvalue weighted by Crippen LogP contribution is 2.30. The Labute approximate surface area is 102 Å². The molecule has 0 saturated heterocycles. The van der Waals surface area contributed by atoms with E-state index in [0.717, 1.165) is 30.7 Å². The van der Waals surface area contributed by atoms with Gasteiger partial charge in [0.25, 0.3) is 0 Å². The predicted octanol–water partition coefficient (Wildman–Crippen LogP) is 2.79. The monoisotopic (exact) mass is 258 g/mol. The van der Waals surface area contributed by atoms with Crippen molar-refractivity contribution in [1.82, 2.24) is 4.98 Å². The highest BCUT2D eigenvalue weighted by atomic mass is 19.4. The van der Waals surface area contributed by atoms with Crippen LogP contribution in [0.5, 0.6) is 0 Å². The fraction of sp³-hybridized carbons (Fsp3) is 0.417. The average Bonchev–Trinajstić information content (AvgIpc) is 2.38. The van der Waals surface area contributed by atoms with Crippen LogP contribution in [0.4, 0.5) is 13.2 Å². The molecule has 6 heteroatoms. The number of hydrogen-bond donors (Lipinski definition) is 1. The van der Waals surface area contributed by atoms with Gasteiger partial charge in [-0.1, -0.05) is 0 Å². The van der Waals surface area contributed by atoms with E-state index in [0.29, 0.717) is 12.3 Å². The quantitative estimate of drug-likeness (QED) is 0.887. The van der Waals surface area contributed by atoms with Crippen LogP contribution in [0.15, 0.2) is 30.2 Å². The minimum atomic E-state index is -4.37. The Hall–Kier alpha value is -1.56. The number of rotatable bonds is 2. The maximum Gasteiger partial charge on any atom is 0.417 e. The first-order valence-corrected chi connectivity index (χ1v) is 5.58. The summed E-state index contributed by atoms with van der Waals surface area (Å²) in [6, 6.07) is 1.79. The van der Waals surface area contributed by atoms with Gasteiger partial charge in [0.2, 0.25) is 0 Å². The molecule has 2 rings (SSSR count). The van der Waals surface area contributed by atoms with Gasteiger partial charge in [0.15, 0.2) is 0 Å². The largest absolute Gasteiger partial charge is 0.501 e. The number of nitrogens with zero attached hydrogens (tertiary/aromatic N) is 1. The van der Waals surface area contributed by atoms with Crippen molar-refractivity contribution in [3.8, 4) is 0 Å². The highest BCUT2D eigenvalue weighted by Gasteiger charge is 2.31. The van der Waals surface area contributed by atoms with Gasteiger partial charge < -0.3 is 10.5 Å². The van der Waals surface area contributed by atoms with E-state index >= 15 is 0 Å². The first-order chi connectivity index (χ1) is 8.48. The summed E-state index contributed by atoms with van der Waals surface area (Å²) < 4.78 is 42.3. The van der Waals surface area contributed by atoms with Crippen LogP contribution in [0.1, 0.15) is 30.1 Å². The van der Waals surface area contributed by atoms with Crippen LogP contribution in [0, 0.1) is 0 Å². The van der Waals surface area contributed by atoms with Crippen molar-refractivity contribution >= 4 is 0 Å². The normalized spacial score (nSPS) is 17.9. The van der Waals surface area contributed by atoms with E-state index in [2.05, 4.69) is 4.98 Å². The lowest BCUT2D eigenvalue weighted by Gasteiger charge is -2.19. The molecule has 0 radical (unpaired) electrons. The molecule has 0 saturated carbocycles. The smallest absolute Gasteiger partial charge is 0.417 e. The fourth-order valence-electron chi connectivity index (χ4n) is 1.76. The minimum absolute atomic E-state index is 0.416. The minimum Gasteiger partial charge on any atom is -0.501 e. The van der Waals surface area contributed by atoms with Gasteiger partial charge in [-0.25, -0.2) is 0 Å². The SMILES string of the molecule is NC(C1=COCCC1)c1ccc(C(F)(F)F)cn1. The number of aromatic nitrogens is 1. The van der Waals surface area contributed by atoms with Crippen LogP contribution < -0.4 is 5.73 Å². The molecule has 0 aromatic carbocycles. The summed E-state index contributed by atoms with van der Waals surface area (Å²) >= 11 is 0. The van der Waals surface area contributed by atoms with Crippen LogP contribution in [0.3, 0.4) is 0 Å². The fourth-order valence-corrected chi connectivity index (χ4v) is 1.76. The molecule has 1 aromatic rings. The Balaban J connectivity index is 2.16. The molecule has 0 bridgehead atoms. The number of ether oxygens (including phenoxy) is 1. The number of nitrogens with two attached hydrogens (primary N) is 1. The summed E-state index contributed by atoms with van der Waals surface area (Å²) in [6.07, 6.45) is -0.347. The first kappa shape index (κ1) is 12.9. The highest BCUT2D eigenvalue weighted by molar-refractivity contribution is 5.25. The molecular weight excluding hydrogens is 245 g/mol. The van der Waals surface area contributed by atoms with Gasteiger partial charge in [0.05, 0.1) is 30.2 Å². The lowest BCUT2D eigenvalue weighted by Crippen LogP contribution is -2.18. The zero-order valence-electron chi connectivity index (χ0n) is 9.57. The van der Waals surface area contributed by atoms with Crippen molar-refractivity contribution in [3.05, 3.63) is 41.4 Å². The number of hydrogen-bond acceptors (Lipinski definition) is 3. The van der Waals surface area contributed by atoms with Crippen LogP contribution >= 0.6 is 0 Å². The second kappa shape index (κ2) is 4.97. The topological polar surface area (TPSA) is 48.1 Å². The maximum absolute atomic E-state index is 12.4. The van der Waals surface area contributed by atoms with Gasteiger partial charge >= 0.3 is 6.18 Å². The van der Waals surface area contributed by atoms with Gasteiger partial charge in [-0.2, -0.15) is 13.2 Å². The molecule has 0 aliphatic carbocycles. The second-order valence-electron chi connectivity index (χ2n) is 4.11. The summed E-state index contributed by atoms with van der Waals surface area (Å²) in [5, 5.41) is 0. The van der Waals surface area contributed by atoms with Crippen molar-refractivity contribution in [2.24, 2.45) is 5.73 Å². The third-order valence-corrected chi connectivity index (χ3v) is 2.79. The predicted molar refractivity (Wildman–Crippen MR) is 59.4 cm³/mol. The Morgan fingerprint density at radius 1 is 1.33 bits per heavy atom. The maximum atomic E-state index is 12.4. The summed E-state index contributed by atoms with van der Waals surface area (Å²) in [6.45, 7) is 0.649. The van der Waals surface area contributed by atoms with Gasteiger partial charge in [-0.15, -0.1) is 0 Å². The molecular formula is C12H13F3N2O. The lowest BCUT2D eigenvalue weighted by atomic mass is 9.99. The lowest BCUT2D eigenvalue weighted by molar-refractivity contribution is -0.137. The molecule has 18 heavy (non-hydrogen) atoms. The van der Waals surface area contributed by atoms with Crippen molar-refractivity contribution < 1.29 is 17.9 Å². The van der Waals surface area contributed by atoms with Crippen LogP contribution in [0.2, 0.25) is 0 Å². The van der Waals surface area contributed by atoms with Gasteiger partial charge in [-0.3, -0.25) is 4.98 Å². The zero-order valence-corrected chi connectivity index (χ0v) is 9.57. The molecule has 98 valence electrons. The molecule has 2 heterocycles. The number of alkyl halides is 3. The van der Waals surface area contributed by atoms with E-state index in [4.69, 9.17) is 10.5 Å². The Bertz CT molecular complexity index is 440. The van der Waals surface area contributed by atoms with E-state index in [1.807, 2.05) is 0 Å². The molecule has 1 unspecified atom stereocenters. The molecule has 1 aliphatic rings. The second-order valence-corrected chi connectivity index (χ2v) is 4.11. The van der Waals surface area contributed by atoms with E-state index in [-0.39, 0.29) is 0 Å². The molecule has 0 amide bonds. The van der Waals surface area contributed by atoms with Gasteiger partial charge in [-0.05, 0) is 30.5 Å². The van der Waals surface area contributed by atoms with Crippen LogP contribution in [0.25, 0.3) is 0 Å². The van der Waals surface area contributed by atoms with Crippen LogP contribution in [-0.2, 0) is 10.9 Å². The molecule has 2 N–H and O–H groups in total. The van der Waals surface area contributed by atoms with E-state index in [1.54, 1.807) is 6.26 Å². The summed E-state index contributed by atoms with van der Waals surface area (Å²) in [5.41, 5.74) is 6.44. The van der Waals surface area contributed by atoms with Gasteiger partial charge in [0, 0.05) is 6.20 Å². The van der Waals surface area contributed by atoms with Gasteiger partial charge in [0.1, 0.15) is 0 Å². The third kappa shape index (κ3) is 2.81. The van der Waals surface area contributed by atoms with E-state index in [1.165, 1.54) is 6.07 Å². The molecule has 1 aliphatic heterocycles. The molecule has 1 atom stereocenters. The molecule has 3 nitrogen and oxygen atoms in total. The number of pyridine rings is 1. The Morgan fingerprint density at radius 2 is 2.11 bits per heavy atom. The Morgan fingerprint density at radius 3 is 2.61 bits per heavy atom. The third-order valence-electron chi connectivity index (χ3n) is 2.79. The van der Waals surface area contributed by atoms with Crippen LogP contribution in [-0.4, -0.2) is 11.6 Å². The van der Waals surface area contributed by atoms with Crippen molar-refractivity contribution in [3.63, 3.8) is 0 Å². The standard InChI is InChI=1S/C12H13F3N2O/c13-12(14,15)9-3-4-10(17-6-9)11(16)8-2-1-5-18-7-8/h3-4,6-7,11H,1-2,5,16H2.